The molecule has 0 aliphatic heterocycles. The fourth-order valence-corrected chi connectivity index (χ4v) is 3.19. The molecular formula is C14H19FO4S. The van der Waals surface area contributed by atoms with Crippen LogP contribution in [0.5, 0.6) is 0 Å². The molecule has 0 saturated heterocycles. The molecule has 6 heteroatoms. The molecule has 0 heterocycles. The van der Waals surface area contributed by atoms with E-state index in [1.165, 1.54) is 0 Å². The van der Waals surface area contributed by atoms with E-state index in [9.17, 15) is 17.6 Å². The number of sulfone groups is 1. The summed E-state index contributed by atoms with van der Waals surface area (Å²) >= 11 is 0. The first-order valence-corrected chi connectivity index (χ1v) is 8.27. The van der Waals surface area contributed by atoms with Crippen molar-refractivity contribution in [1.82, 2.24) is 0 Å². The number of ether oxygens (including phenoxy) is 1. The summed E-state index contributed by atoms with van der Waals surface area (Å²) in [5, 5.41) is 0. The predicted molar refractivity (Wildman–Crippen MR) is 74.2 cm³/mol. The minimum Gasteiger partial charge on any atom is -0.465 e. The van der Waals surface area contributed by atoms with E-state index in [0.29, 0.717) is 18.4 Å². The standard InChI is InChI=1S/C14H19FO4S/c1-5-9(6-2)10-7-12(15)11(14(16)19-3)8-13(10)20(4,17)18/h7-9H,5-6H2,1-4H3. The van der Waals surface area contributed by atoms with E-state index in [4.69, 9.17) is 0 Å². The molecule has 0 aliphatic rings. The molecule has 0 radical (unpaired) electrons. The molecule has 112 valence electrons. The van der Waals surface area contributed by atoms with E-state index in [-0.39, 0.29) is 16.4 Å². The van der Waals surface area contributed by atoms with E-state index in [1.54, 1.807) is 0 Å². The molecule has 0 fully saturated rings. The average Bonchev–Trinajstić information content (AvgIpc) is 2.38. The van der Waals surface area contributed by atoms with Gasteiger partial charge in [0.25, 0.3) is 0 Å². The third-order valence-corrected chi connectivity index (χ3v) is 4.48. The first-order chi connectivity index (χ1) is 9.26. The Bertz CT molecular complexity index is 604. The van der Waals surface area contributed by atoms with Crippen LogP contribution in [0.1, 0.15) is 48.5 Å². The molecule has 1 aromatic carbocycles. The Morgan fingerprint density at radius 3 is 2.25 bits per heavy atom. The summed E-state index contributed by atoms with van der Waals surface area (Å²) in [6.45, 7) is 3.82. The van der Waals surface area contributed by atoms with Gasteiger partial charge in [-0.3, -0.25) is 0 Å². The Balaban J connectivity index is 3.61. The molecule has 1 aromatic rings. The van der Waals surface area contributed by atoms with Crippen molar-refractivity contribution in [1.29, 1.82) is 0 Å². The summed E-state index contributed by atoms with van der Waals surface area (Å²) < 4.78 is 42.2. The van der Waals surface area contributed by atoms with Gasteiger partial charge in [-0.2, -0.15) is 0 Å². The minimum absolute atomic E-state index is 0.00648. The van der Waals surface area contributed by atoms with Crippen LogP contribution in [0.2, 0.25) is 0 Å². The molecule has 20 heavy (non-hydrogen) atoms. The maximum absolute atomic E-state index is 14.0. The maximum Gasteiger partial charge on any atom is 0.340 e. The topological polar surface area (TPSA) is 60.4 Å². The van der Waals surface area contributed by atoms with Crippen molar-refractivity contribution in [2.45, 2.75) is 37.5 Å². The Labute approximate surface area is 118 Å². The van der Waals surface area contributed by atoms with Crippen LogP contribution in [-0.2, 0) is 14.6 Å². The fraction of sp³-hybridized carbons (Fsp3) is 0.500. The summed E-state index contributed by atoms with van der Waals surface area (Å²) in [6, 6.07) is 2.21. The first-order valence-electron chi connectivity index (χ1n) is 6.38. The van der Waals surface area contributed by atoms with Crippen molar-refractivity contribution in [2.75, 3.05) is 13.4 Å². The van der Waals surface area contributed by atoms with Crippen molar-refractivity contribution < 1.29 is 22.3 Å². The maximum atomic E-state index is 14.0. The van der Waals surface area contributed by atoms with E-state index in [1.807, 2.05) is 13.8 Å². The number of methoxy groups -OCH3 is 1. The number of hydrogen-bond donors (Lipinski definition) is 0. The number of halogens is 1. The van der Waals surface area contributed by atoms with E-state index in [2.05, 4.69) is 4.74 Å². The van der Waals surface area contributed by atoms with Crippen molar-refractivity contribution >= 4 is 15.8 Å². The minimum atomic E-state index is -3.55. The molecule has 0 saturated carbocycles. The second kappa shape index (κ2) is 6.35. The molecule has 0 spiro atoms. The van der Waals surface area contributed by atoms with Gasteiger partial charge in [0.15, 0.2) is 9.84 Å². The molecule has 0 unspecified atom stereocenters. The third kappa shape index (κ3) is 3.36. The van der Waals surface area contributed by atoms with E-state index in [0.717, 1.165) is 25.5 Å². The van der Waals surface area contributed by atoms with Gasteiger partial charge in [-0.05, 0) is 36.5 Å². The van der Waals surface area contributed by atoms with Crippen LogP contribution in [0, 0.1) is 5.82 Å². The van der Waals surface area contributed by atoms with Crippen LogP contribution < -0.4 is 0 Å². The number of hydrogen-bond acceptors (Lipinski definition) is 4. The quantitative estimate of drug-likeness (QED) is 0.620. The summed E-state index contributed by atoms with van der Waals surface area (Å²) in [6.07, 6.45) is 2.43. The van der Waals surface area contributed by atoms with Gasteiger partial charge in [0.2, 0.25) is 0 Å². The lowest BCUT2D eigenvalue weighted by molar-refractivity contribution is 0.0595. The number of benzene rings is 1. The van der Waals surface area contributed by atoms with E-state index >= 15 is 0 Å². The summed E-state index contributed by atoms with van der Waals surface area (Å²) in [7, 11) is -2.43. The van der Waals surface area contributed by atoms with Crippen LogP contribution in [0.25, 0.3) is 0 Å². The second-order valence-corrected chi connectivity index (χ2v) is 6.63. The highest BCUT2D eigenvalue weighted by molar-refractivity contribution is 7.90. The van der Waals surface area contributed by atoms with Gasteiger partial charge in [0.1, 0.15) is 5.82 Å². The molecule has 1 rings (SSSR count). The lowest BCUT2D eigenvalue weighted by atomic mass is 9.93. The number of rotatable bonds is 5. The molecule has 0 atom stereocenters. The van der Waals surface area contributed by atoms with Crippen molar-refractivity contribution in [3.8, 4) is 0 Å². The van der Waals surface area contributed by atoms with Gasteiger partial charge in [-0.25, -0.2) is 17.6 Å². The zero-order valence-corrected chi connectivity index (χ0v) is 12.9. The molecule has 4 nitrogen and oxygen atoms in total. The highest BCUT2D eigenvalue weighted by Crippen LogP contribution is 2.31. The van der Waals surface area contributed by atoms with Gasteiger partial charge < -0.3 is 4.74 Å². The smallest absolute Gasteiger partial charge is 0.340 e. The molecular weight excluding hydrogens is 283 g/mol. The lowest BCUT2D eigenvalue weighted by Crippen LogP contribution is -2.12. The predicted octanol–water partition coefficient (Wildman–Crippen LogP) is 2.92. The molecule has 0 aromatic heterocycles. The molecule has 0 aliphatic carbocycles. The molecule has 0 amide bonds. The van der Waals surface area contributed by atoms with Crippen LogP contribution in [0.4, 0.5) is 4.39 Å². The van der Waals surface area contributed by atoms with Gasteiger partial charge in [0.05, 0.1) is 17.6 Å². The highest BCUT2D eigenvalue weighted by atomic mass is 32.2. The summed E-state index contributed by atoms with van der Waals surface area (Å²) in [5.74, 6) is -1.71. The van der Waals surface area contributed by atoms with Gasteiger partial charge in [-0.1, -0.05) is 13.8 Å². The monoisotopic (exact) mass is 302 g/mol. The average molecular weight is 302 g/mol. The van der Waals surface area contributed by atoms with Crippen LogP contribution in [0.15, 0.2) is 17.0 Å². The summed E-state index contributed by atoms with van der Waals surface area (Å²) in [5.41, 5.74) is 0.0604. The van der Waals surface area contributed by atoms with Crippen LogP contribution in [0.3, 0.4) is 0 Å². The normalized spacial score (nSPS) is 11.7. The SMILES string of the molecule is CCC(CC)c1cc(F)c(C(=O)OC)cc1S(C)(=O)=O. The van der Waals surface area contributed by atoms with Crippen molar-refractivity contribution in [3.05, 3.63) is 29.1 Å². The van der Waals surface area contributed by atoms with Gasteiger partial charge in [0, 0.05) is 6.26 Å². The van der Waals surface area contributed by atoms with Crippen LogP contribution in [-0.4, -0.2) is 27.8 Å². The number of carbonyl (C=O) groups is 1. The Morgan fingerprint density at radius 2 is 1.85 bits per heavy atom. The Morgan fingerprint density at radius 1 is 1.30 bits per heavy atom. The Hall–Kier alpha value is -1.43. The fourth-order valence-electron chi connectivity index (χ4n) is 2.20. The summed E-state index contributed by atoms with van der Waals surface area (Å²) in [4.78, 5) is 11.5. The van der Waals surface area contributed by atoms with Gasteiger partial charge >= 0.3 is 5.97 Å². The zero-order valence-electron chi connectivity index (χ0n) is 12.1. The molecule has 0 N–H and O–H groups in total. The highest BCUT2D eigenvalue weighted by Gasteiger charge is 2.24. The van der Waals surface area contributed by atoms with Crippen molar-refractivity contribution in [2.24, 2.45) is 0 Å². The largest absolute Gasteiger partial charge is 0.465 e. The first kappa shape index (κ1) is 16.6. The number of esters is 1. The molecule has 0 bridgehead atoms. The second-order valence-electron chi connectivity index (χ2n) is 4.65. The Kier molecular flexibility index (Phi) is 5.28. The zero-order chi connectivity index (χ0) is 15.5. The van der Waals surface area contributed by atoms with E-state index < -0.39 is 21.6 Å². The van der Waals surface area contributed by atoms with Crippen LogP contribution >= 0.6 is 0 Å². The van der Waals surface area contributed by atoms with Gasteiger partial charge in [-0.15, -0.1) is 0 Å². The third-order valence-electron chi connectivity index (χ3n) is 3.33. The van der Waals surface area contributed by atoms with Crippen molar-refractivity contribution in [3.63, 3.8) is 0 Å². The number of carbonyl (C=O) groups excluding carboxylic acids is 1. The lowest BCUT2D eigenvalue weighted by Gasteiger charge is -2.18.